The van der Waals surface area contributed by atoms with Gasteiger partial charge in [0.2, 0.25) is 0 Å². The number of hydrogen-bond donors (Lipinski definition) is 2. The summed E-state index contributed by atoms with van der Waals surface area (Å²) in [6, 6.07) is 0. The summed E-state index contributed by atoms with van der Waals surface area (Å²) in [5.74, 6) is 0. The van der Waals surface area contributed by atoms with Gasteiger partial charge in [0.15, 0.2) is 0 Å². The van der Waals surface area contributed by atoms with Gasteiger partial charge in [0, 0.05) is 6.21 Å². The van der Waals surface area contributed by atoms with Crippen molar-refractivity contribution in [1.82, 2.24) is 0 Å². The molecule has 0 radical (unpaired) electrons. The van der Waals surface area contributed by atoms with Crippen molar-refractivity contribution >= 4 is 33.0 Å². The van der Waals surface area contributed by atoms with Gasteiger partial charge in [-0.05, 0) is 22.6 Å². The summed E-state index contributed by atoms with van der Waals surface area (Å²) in [5, 5.41) is 6.59. The number of rotatable bonds is 2. The fraction of sp³-hybridized carbons (Fsp3) is 0. The van der Waals surface area contributed by atoms with Gasteiger partial charge in [-0.3, -0.25) is 4.99 Å². The monoisotopic (exact) mass is 223 g/mol. The number of hydrogen-bond acceptors (Lipinski definition) is 3. The van der Waals surface area contributed by atoms with Gasteiger partial charge >= 0.3 is 0 Å². The van der Waals surface area contributed by atoms with Crippen LogP contribution in [0.1, 0.15) is 0 Å². The average Bonchev–Trinajstić information content (AvgIpc) is 1.83. The summed E-state index contributed by atoms with van der Waals surface area (Å²) >= 11 is 1.97. The third-order valence-electron chi connectivity index (χ3n) is 0.447. The second kappa shape index (κ2) is 4.76. The number of aliphatic imine (C=N–C) groups is 1. The lowest BCUT2D eigenvalue weighted by molar-refractivity contribution is 1.40. The predicted molar refractivity (Wildman–Crippen MR) is 43.6 cm³/mol. The fourth-order valence-corrected chi connectivity index (χ4v) is 0.312. The van der Waals surface area contributed by atoms with Crippen molar-refractivity contribution in [2.45, 2.75) is 0 Å². The maximum Gasteiger partial charge on any atom is 0.0678 e. The molecule has 4 heteroatoms. The molecule has 0 aliphatic heterocycles. The van der Waals surface area contributed by atoms with Crippen LogP contribution in [0.15, 0.2) is 16.9 Å². The van der Waals surface area contributed by atoms with Gasteiger partial charge in [0.05, 0.1) is 16.1 Å². The van der Waals surface area contributed by atoms with E-state index in [1.807, 2.05) is 22.6 Å². The zero-order chi connectivity index (χ0) is 6.41. The number of nitrogens with two attached hydrogens (primary N) is 1. The average molecular weight is 223 g/mol. The highest BCUT2D eigenvalue weighted by molar-refractivity contribution is 14.1. The van der Waals surface area contributed by atoms with E-state index in [9.17, 15) is 0 Å². The minimum absolute atomic E-state index is 0.359. The molecule has 0 aromatic heterocycles. The first-order chi connectivity index (χ1) is 3.81. The molecule has 0 heterocycles. The number of nitrogens with one attached hydrogen (secondary N) is 1. The third kappa shape index (κ3) is 3.79. The number of nitrogens with zero attached hydrogens (tertiary/aromatic N) is 1. The zero-order valence-electron chi connectivity index (χ0n) is 4.13. The van der Waals surface area contributed by atoms with E-state index in [-0.39, 0.29) is 0 Å². The van der Waals surface area contributed by atoms with Crippen molar-refractivity contribution in [2.75, 3.05) is 0 Å². The van der Waals surface area contributed by atoms with Crippen LogP contribution in [0.5, 0.6) is 0 Å². The molecule has 0 aliphatic rings. The maximum atomic E-state index is 6.59. The Morgan fingerprint density at radius 3 is 2.75 bits per heavy atom. The Morgan fingerprint density at radius 2 is 2.38 bits per heavy atom. The van der Waals surface area contributed by atoms with Gasteiger partial charge in [0.1, 0.15) is 0 Å². The van der Waals surface area contributed by atoms with Crippen LogP contribution in [0.4, 0.5) is 0 Å². The largest absolute Gasteiger partial charge is 0.396 e. The summed E-state index contributed by atoms with van der Waals surface area (Å²) in [6.45, 7) is 0. The van der Waals surface area contributed by atoms with E-state index >= 15 is 0 Å². The van der Waals surface area contributed by atoms with Crippen LogP contribution in [-0.2, 0) is 0 Å². The van der Waals surface area contributed by atoms with Crippen molar-refractivity contribution in [3.8, 4) is 0 Å². The Morgan fingerprint density at radius 1 is 1.75 bits per heavy atom. The minimum atomic E-state index is 0.359. The maximum absolute atomic E-state index is 6.59. The van der Waals surface area contributed by atoms with Gasteiger partial charge in [0.25, 0.3) is 0 Å². The van der Waals surface area contributed by atoms with Gasteiger partial charge in [-0.1, -0.05) is 0 Å². The molecular formula is C4H6IN3. The molecule has 44 valence electrons. The zero-order valence-corrected chi connectivity index (χ0v) is 6.29. The summed E-state index contributed by atoms with van der Waals surface area (Å²) < 4.78 is 1.58. The third-order valence-corrected chi connectivity index (χ3v) is 0.768. The second-order valence-electron chi connectivity index (χ2n) is 1.02. The summed E-state index contributed by atoms with van der Waals surface area (Å²) in [4.78, 5) is 3.67. The van der Waals surface area contributed by atoms with Crippen LogP contribution in [0.25, 0.3) is 0 Å². The number of halogens is 1. The normalized spacial score (nSPS) is 12.4. The van der Waals surface area contributed by atoms with E-state index in [4.69, 9.17) is 11.1 Å². The molecule has 0 fully saturated rings. The Balaban J connectivity index is 3.74. The van der Waals surface area contributed by atoms with E-state index in [2.05, 4.69) is 4.99 Å². The highest BCUT2D eigenvalue weighted by Gasteiger charge is 1.73. The molecule has 0 bridgehead atoms. The molecule has 3 nitrogen and oxygen atoms in total. The molecule has 0 aliphatic carbocycles. The molecule has 0 aromatic rings. The predicted octanol–water partition coefficient (Wildman–Crippen LogP) is 0.899. The van der Waals surface area contributed by atoms with Crippen molar-refractivity contribution in [2.24, 2.45) is 10.7 Å². The first-order valence-electron chi connectivity index (χ1n) is 1.89. The van der Waals surface area contributed by atoms with Gasteiger partial charge in [-0.15, -0.1) is 0 Å². The van der Waals surface area contributed by atoms with Crippen LogP contribution in [0.2, 0.25) is 0 Å². The molecule has 0 aromatic carbocycles. The molecule has 0 saturated heterocycles. The lowest BCUT2D eigenvalue weighted by Crippen LogP contribution is -1.95. The highest BCUT2D eigenvalue weighted by Crippen LogP contribution is 1.79. The molecule has 8 heavy (non-hydrogen) atoms. The van der Waals surface area contributed by atoms with Crippen molar-refractivity contribution in [3.05, 3.63) is 11.9 Å². The SMILES string of the molecule is N=C/C(N)=C\N=CI. The van der Waals surface area contributed by atoms with Crippen molar-refractivity contribution in [1.29, 1.82) is 5.41 Å². The van der Waals surface area contributed by atoms with Crippen LogP contribution in [0.3, 0.4) is 0 Å². The standard InChI is InChI=1S/C4H6IN3/c5-3-8-2-4(7)1-6/h1-3,6H,7H2/b4-2+,6-1?,8-3?. The molecule has 0 amide bonds. The quantitative estimate of drug-likeness (QED) is 0.530. The Bertz CT molecular complexity index is 127. The van der Waals surface area contributed by atoms with Crippen LogP contribution in [-0.4, -0.2) is 10.4 Å². The summed E-state index contributed by atoms with van der Waals surface area (Å²) in [6.07, 6.45) is 2.46. The molecule has 0 saturated carbocycles. The first-order valence-corrected chi connectivity index (χ1v) is 3.13. The van der Waals surface area contributed by atoms with E-state index in [0.717, 1.165) is 6.21 Å². The topological polar surface area (TPSA) is 62.2 Å². The van der Waals surface area contributed by atoms with Gasteiger partial charge in [-0.2, -0.15) is 0 Å². The van der Waals surface area contributed by atoms with Crippen molar-refractivity contribution < 1.29 is 0 Å². The van der Waals surface area contributed by atoms with Crippen LogP contribution < -0.4 is 5.73 Å². The minimum Gasteiger partial charge on any atom is -0.396 e. The Hall–Kier alpha value is -0.390. The fourth-order valence-electron chi connectivity index (χ4n) is 0.152. The van der Waals surface area contributed by atoms with Crippen LogP contribution >= 0.6 is 22.6 Å². The van der Waals surface area contributed by atoms with E-state index < -0.39 is 0 Å². The molecule has 0 unspecified atom stereocenters. The lowest BCUT2D eigenvalue weighted by Gasteiger charge is -1.80. The highest BCUT2D eigenvalue weighted by atomic mass is 127. The second-order valence-corrected chi connectivity index (χ2v) is 1.58. The number of allylic oxidation sites excluding steroid dienone is 1. The molecule has 0 rings (SSSR count). The molecule has 3 N–H and O–H groups in total. The van der Waals surface area contributed by atoms with E-state index in [1.54, 1.807) is 4.22 Å². The smallest absolute Gasteiger partial charge is 0.0678 e. The van der Waals surface area contributed by atoms with Crippen molar-refractivity contribution in [3.63, 3.8) is 0 Å². The molecular weight excluding hydrogens is 217 g/mol. The van der Waals surface area contributed by atoms with Gasteiger partial charge < -0.3 is 11.1 Å². The van der Waals surface area contributed by atoms with Gasteiger partial charge in [-0.25, -0.2) is 0 Å². The Kier molecular flexibility index (Phi) is 4.53. The van der Waals surface area contributed by atoms with E-state index in [0.29, 0.717) is 5.70 Å². The van der Waals surface area contributed by atoms with E-state index in [1.165, 1.54) is 6.20 Å². The molecule has 0 atom stereocenters. The lowest BCUT2D eigenvalue weighted by atomic mass is 10.5. The first kappa shape index (κ1) is 7.61. The molecule has 0 spiro atoms. The summed E-state index contributed by atoms with van der Waals surface area (Å²) in [5.41, 5.74) is 5.52. The Labute approximate surface area is 61.3 Å². The van der Waals surface area contributed by atoms with Crippen LogP contribution in [0, 0.1) is 5.41 Å². The summed E-state index contributed by atoms with van der Waals surface area (Å²) in [7, 11) is 0.